The number of nitrogens with one attached hydrogen (secondary N) is 1. The second-order valence-corrected chi connectivity index (χ2v) is 11.6. The second-order valence-electron chi connectivity index (χ2n) is 10.5. The number of thioether (sulfide) groups is 1. The van der Waals surface area contributed by atoms with E-state index >= 15 is 0 Å². The predicted octanol–water partition coefficient (Wildman–Crippen LogP) is 6.24. The fourth-order valence-corrected chi connectivity index (χ4v) is 6.10. The van der Waals surface area contributed by atoms with Crippen molar-refractivity contribution in [1.29, 1.82) is 0 Å². The van der Waals surface area contributed by atoms with Gasteiger partial charge in [0, 0.05) is 17.7 Å². The Hall–Kier alpha value is -3.91. The van der Waals surface area contributed by atoms with Gasteiger partial charge in [0.05, 0.1) is 22.4 Å². The number of hydrogen-bond acceptors (Lipinski definition) is 4. The van der Waals surface area contributed by atoms with Crippen LogP contribution < -0.4 is 10.2 Å². The van der Waals surface area contributed by atoms with Crippen molar-refractivity contribution in [2.45, 2.75) is 32.9 Å². The molecule has 0 saturated heterocycles. The highest BCUT2D eigenvalue weighted by atomic mass is 32.2. The summed E-state index contributed by atoms with van der Waals surface area (Å²) in [6.45, 7) is 8.49. The lowest BCUT2D eigenvalue weighted by molar-refractivity contribution is -0.123. The number of hydrogen-bond donors (Lipinski definition) is 1. The van der Waals surface area contributed by atoms with Gasteiger partial charge in [-0.1, -0.05) is 68.4 Å². The molecule has 1 unspecified atom stereocenters. The number of halogens is 1. The van der Waals surface area contributed by atoms with Crippen molar-refractivity contribution < 1.29 is 14.0 Å². The van der Waals surface area contributed by atoms with Gasteiger partial charge in [-0.15, -0.1) is 11.8 Å². The Balaban J connectivity index is 1.80. The first-order valence-corrected chi connectivity index (χ1v) is 14.5. The van der Waals surface area contributed by atoms with E-state index in [0.29, 0.717) is 18.1 Å². The van der Waals surface area contributed by atoms with E-state index in [1.54, 1.807) is 15.6 Å². The van der Waals surface area contributed by atoms with Gasteiger partial charge in [-0.2, -0.15) is 5.10 Å². The molecule has 2 heterocycles. The zero-order valence-corrected chi connectivity index (χ0v) is 24.0. The number of nitrogens with zero attached hydrogens (tertiary/aromatic N) is 3. The van der Waals surface area contributed by atoms with Gasteiger partial charge in [0.2, 0.25) is 11.8 Å². The van der Waals surface area contributed by atoms with Crippen molar-refractivity contribution in [3.63, 3.8) is 0 Å². The Kier molecular flexibility index (Phi) is 8.07. The highest BCUT2D eigenvalue weighted by molar-refractivity contribution is 8.00. The van der Waals surface area contributed by atoms with E-state index in [0.717, 1.165) is 33.5 Å². The van der Waals surface area contributed by atoms with Crippen molar-refractivity contribution in [2.24, 2.45) is 5.92 Å². The molecular formula is C32H33FN4O2S. The van der Waals surface area contributed by atoms with Crippen LogP contribution in [0.25, 0.3) is 16.9 Å². The summed E-state index contributed by atoms with van der Waals surface area (Å²) in [5.74, 6) is 0.166. The zero-order valence-electron chi connectivity index (χ0n) is 23.1. The first-order chi connectivity index (χ1) is 19.2. The number of carbonyl (C=O) groups is 2. The second kappa shape index (κ2) is 11.7. The van der Waals surface area contributed by atoms with E-state index in [4.69, 9.17) is 5.10 Å². The molecule has 1 N–H and O–H groups in total. The highest BCUT2D eigenvalue weighted by Gasteiger charge is 2.38. The number of benzene rings is 3. The number of carbonyl (C=O) groups excluding carboxylic acids is 2. The molecule has 5 rings (SSSR count). The third-order valence-corrected chi connectivity index (χ3v) is 8.36. The summed E-state index contributed by atoms with van der Waals surface area (Å²) in [6, 6.07) is 22.3. The Bertz CT molecular complexity index is 1550. The van der Waals surface area contributed by atoms with Crippen LogP contribution in [-0.4, -0.2) is 40.4 Å². The minimum absolute atomic E-state index is 0.133. The van der Waals surface area contributed by atoms with Gasteiger partial charge in [0.25, 0.3) is 0 Å². The van der Waals surface area contributed by atoms with E-state index in [2.05, 4.69) is 5.32 Å². The van der Waals surface area contributed by atoms with E-state index in [1.165, 1.54) is 23.9 Å². The predicted molar refractivity (Wildman–Crippen MR) is 159 cm³/mol. The molecule has 0 fully saturated rings. The molecule has 1 aromatic heterocycles. The number of amides is 2. The van der Waals surface area contributed by atoms with Gasteiger partial charge in [0.1, 0.15) is 18.2 Å². The highest BCUT2D eigenvalue weighted by Crippen LogP contribution is 2.48. The summed E-state index contributed by atoms with van der Waals surface area (Å²) in [7, 11) is 0. The molecule has 206 valence electrons. The lowest BCUT2D eigenvalue weighted by atomic mass is 9.99. The standard InChI is InChI=1S/C32H33FN4O2S/c1-20(2)17-34-27(38)18-36-28(39)19-40-31(24-13-9-14-25(33)16-24)29-30(23-11-6-5-7-12-23)35-37(32(29)36)26-15-8-10-21(3)22(26)4/h5-16,20,31H,17-19H2,1-4H3,(H,34,38). The van der Waals surface area contributed by atoms with Crippen molar-refractivity contribution in [3.05, 3.63) is 101 Å². The Labute approximate surface area is 238 Å². The molecule has 40 heavy (non-hydrogen) atoms. The number of anilines is 1. The van der Waals surface area contributed by atoms with Crippen LogP contribution in [0, 0.1) is 25.6 Å². The third-order valence-electron chi connectivity index (χ3n) is 7.10. The van der Waals surface area contributed by atoms with Crippen LogP contribution in [-0.2, 0) is 9.59 Å². The lowest BCUT2D eigenvalue weighted by Gasteiger charge is -2.24. The summed E-state index contributed by atoms with van der Waals surface area (Å²) in [6.07, 6.45) is 0. The molecule has 0 radical (unpaired) electrons. The van der Waals surface area contributed by atoms with E-state index in [-0.39, 0.29) is 41.1 Å². The Morgan fingerprint density at radius 1 is 1.07 bits per heavy atom. The van der Waals surface area contributed by atoms with Gasteiger partial charge in [-0.3, -0.25) is 14.5 Å². The third kappa shape index (κ3) is 5.54. The van der Waals surface area contributed by atoms with Crippen molar-refractivity contribution >= 4 is 29.4 Å². The van der Waals surface area contributed by atoms with E-state index < -0.39 is 0 Å². The number of fused-ring (bicyclic) bond motifs is 1. The maximum Gasteiger partial charge on any atom is 0.240 e. The van der Waals surface area contributed by atoms with Gasteiger partial charge < -0.3 is 5.32 Å². The lowest BCUT2D eigenvalue weighted by Crippen LogP contribution is -2.43. The molecule has 0 spiro atoms. The summed E-state index contributed by atoms with van der Waals surface area (Å²) in [5, 5.41) is 7.69. The molecule has 0 aliphatic carbocycles. The monoisotopic (exact) mass is 556 g/mol. The fraction of sp³-hybridized carbons (Fsp3) is 0.281. The number of aryl methyl sites for hydroxylation is 1. The van der Waals surface area contributed by atoms with Crippen LogP contribution in [0.2, 0.25) is 0 Å². The quantitative estimate of drug-likeness (QED) is 0.293. The molecule has 1 aliphatic heterocycles. The number of aromatic nitrogens is 2. The summed E-state index contributed by atoms with van der Waals surface area (Å²) >= 11 is 1.43. The minimum atomic E-state index is -0.382. The molecule has 1 atom stereocenters. The topological polar surface area (TPSA) is 67.2 Å². The largest absolute Gasteiger partial charge is 0.354 e. The van der Waals surface area contributed by atoms with Crippen molar-refractivity contribution in [1.82, 2.24) is 15.1 Å². The first kappa shape index (κ1) is 27.6. The molecule has 0 saturated carbocycles. The van der Waals surface area contributed by atoms with Gasteiger partial charge in [-0.05, 0) is 54.7 Å². The van der Waals surface area contributed by atoms with Crippen LogP contribution >= 0.6 is 11.8 Å². The Morgan fingerprint density at radius 3 is 2.55 bits per heavy atom. The first-order valence-electron chi connectivity index (χ1n) is 13.4. The maximum absolute atomic E-state index is 14.5. The van der Waals surface area contributed by atoms with E-state index in [1.807, 2.05) is 82.3 Å². The summed E-state index contributed by atoms with van der Waals surface area (Å²) in [4.78, 5) is 28.5. The Morgan fingerprint density at radius 2 is 1.82 bits per heavy atom. The van der Waals surface area contributed by atoms with E-state index in [9.17, 15) is 14.0 Å². The van der Waals surface area contributed by atoms with Gasteiger partial charge in [-0.25, -0.2) is 9.07 Å². The van der Waals surface area contributed by atoms with Crippen molar-refractivity contribution in [3.8, 4) is 16.9 Å². The molecular weight excluding hydrogens is 523 g/mol. The molecule has 4 aromatic rings. The van der Waals surface area contributed by atoms with Crippen LogP contribution in [0.4, 0.5) is 10.2 Å². The SMILES string of the molecule is Cc1cccc(-n2nc(-c3ccccc3)c3c2N(CC(=O)NCC(C)C)C(=O)CSC3c2cccc(F)c2)c1C. The summed E-state index contributed by atoms with van der Waals surface area (Å²) < 4.78 is 16.3. The van der Waals surface area contributed by atoms with Crippen LogP contribution in [0.5, 0.6) is 0 Å². The fourth-order valence-electron chi connectivity index (χ4n) is 4.91. The van der Waals surface area contributed by atoms with Gasteiger partial charge in [0.15, 0.2) is 0 Å². The molecule has 1 aliphatic rings. The molecule has 2 amide bonds. The smallest absolute Gasteiger partial charge is 0.240 e. The average molecular weight is 557 g/mol. The molecule has 6 nitrogen and oxygen atoms in total. The number of rotatable bonds is 7. The summed E-state index contributed by atoms with van der Waals surface area (Å²) in [5.41, 5.74) is 6.02. The average Bonchev–Trinajstić information content (AvgIpc) is 3.25. The molecule has 0 bridgehead atoms. The molecule has 8 heteroatoms. The minimum Gasteiger partial charge on any atom is -0.354 e. The zero-order chi connectivity index (χ0) is 28.4. The van der Waals surface area contributed by atoms with Crippen LogP contribution in [0.15, 0.2) is 72.8 Å². The van der Waals surface area contributed by atoms with Gasteiger partial charge >= 0.3 is 0 Å². The van der Waals surface area contributed by atoms with Crippen LogP contribution in [0.3, 0.4) is 0 Å². The normalized spacial score (nSPS) is 15.2. The molecule has 3 aromatic carbocycles. The maximum atomic E-state index is 14.5. The van der Waals surface area contributed by atoms with Crippen LogP contribution in [0.1, 0.15) is 41.4 Å². The van der Waals surface area contributed by atoms with Crippen molar-refractivity contribution in [2.75, 3.05) is 23.7 Å².